The van der Waals surface area contributed by atoms with E-state index in [2.05, 4.69) is 29.2 Å². The third kappa shape index (κ3) is 4.11. The number of benzene rings is 3. The second-order valence-electron chi connectivity index (χ2n) is 7.86. The van der Waals surface area contributed by atoms with Crippen LogP contribution in [0.3, 0.4) is 0 Å². The van der Waals surface area contributed by atoms with Gasteiger partial charge in [-0.15, -0.1) is 0 Å². The van der Waals surface area contributed by atoms with Crippen LogP contribution < -0.4 is 9.96 Å². The third-order valence-corrected chi connectivity index (χ3v) is 5.96. The van der Waals surface area contributed by atoms with Gasteiger partial charge in [0.2, 0.25) is 0 Å². The van der Waals surface area contributed by atoms with Crippen molar-refractivity contribution in [3.8, 4) is 0 Å². The predicted molar refractivity (Wildman–Crippen MR) is 115 cm³/mol. The first-order valence-electron chi connectivity index (χ1n) is 10.1. The molecule has 3 aromatic carbocycles. The van der Waals surface area contributed by atoms with Gasteiger partial charge in [0.1, 0.15) is 12.1 Å². The second-order valence-corrected chi connectivity index (χ2v) is 7.86. The number of quaternary nitrogens is 1. The van der Waals surface area contributed by atoms with Crippen LogP contribution >= 0.6 is 0 Å². The number of rotatable bonds is 6. The molecular formula is C24H26N2O3. The fraction of sp³-hybridized carbons (Fsp3) is 0.292. The van der Waals surface area contributed by atoms with E-state index in [0.29, 0.717) is 11.6 Å². The minimum absolute atomic E-state index is 0.0164. The molecule has 0 aromatic heterocycles. The van der Waals surface area contributed by atoms with Crippen molar-refractivity contribution in [1.29, 1.82) is 0 Å². The lowest BCUT2D eigenvalue weighted by molar-refractivity contribution is -0.903. The van der Waals surface area contributed by atoms with E-state index in [1.165, 1.54) is 5.39 Å². The number of hydrogen-bond acceptors (Lipinski definition) is 3. The van der Waals surface area contributed by atoms with E-state index in [4.69, 9.17) is 5.11 Å². The van der Waals surface area contributed by atoms with Gasteiger partial charge < -0.3 is 20.3 Å². The fourth-order valence-corrected chi connectivity index (χ4v) is 4.36. The molecule has 5 heteroatoms. The summed E-state index contributed by atoms with van der Waals surface area (Å²) in [5.41, 5.74) is 2.94. The summed E-state index contributed by atoms with van der Waals surface area (Å²) in [5, 5.41) is 24.8. The molecule has 1 unspecified atom stereocenters. The molecule has 0 spiro atoms. The molecule has 5 nitrogen and oxygen atoms in total. The normalized spacial score (nSPS) is 18.7. The standard InChI is InChI=1S/C24H26N2O3/c1-17(22-8-4-6-19-5-2-3-7-23(19)22)26(29)21-13-14-25(16-21)20-11-9-18(10-12-20)15-24(27)28/h2-12,17,21,26H,13-16H2,1H3,(H,27,28)/t17-,21+/m1/s1. The lowest BCUT2D eigenvalue weighted by Crippen LogP contribution is -3.11. The number of carboxylic acid groups (broad SMARTS) is 1. The molecule has 0 saturated carbocycles. The summed E-state index contributed by atoms with van der Waals surface area (Å²) in [7, 11) is 0. The summed E-state index contributed by atoms with van der Waals surface area (Å²) in [5.74, 6) is -0.827. The SMILES string of the molecule is C[C@H](c1cccc2ccccc12)[NH+]([O-])[C@H]1CCN(c2ccc(CC(=O)O)cc2)C1. The van der Waals surface area contributed by atoms with Crippen LogP contribution in [0.25, 0.3) is 10.8 Å². The summed E-state index contributed by atoms with van der Waals surface area (Å²) in [6, 6.07) is 21.9. The van der Waals surface area contributed by atoms with Crippen LogP contribution in [0.5, 0.6) is 0 Å². The van der Waals surface area contributed by atoms with Crippen LogP contribution in [-0.4, -0.2) is 30.2 Å². The van der Waals surface area contributed by atoms with Crippen LogP contribution in [-0.2, 0) is 11.2 Å². The van der Waals surface area contributed by atoms with Crippen molar-refractivity contribution < 1.29 is 15.0 Å². The van der Waals surface area contributed by atoms with E-state index in [0.717, 1.165) is 35.2 Å². The van der Waals surface area contributed by atoms with Crippen LogP contribution in [0.4, 0.5) is 5.69 Å². The molecule has 1 aliphatic rings. The van der Waals surface area contributed by atoms with Crippen molar-refractivity contribution in [3.05, 3.63) is 83.1 Å². The van der Waals surface area contributed by atoms with Gasteiger partial charge in [0.25, 0.3) is 0 Å². The predicted octanol–water partition coefficient (Wildman–Crippen LogP) is 3.19. The summed E-state index contributed by atoms with van der Waals surface area (Å²) in [4.78, 5) is 13.1. The molecule has 4 rings (SSSR count). The Kier molecular flexibility index (Phi) is 5.51. The minimum atomic E-state index is -0.827. The molecule has 2 N–H and O–H groups in total. The van der Waals surface area contributed by atoms with Gasteiger partial charge in [0, 0.05) is 24.2 Å². The highest BCUT2D eigenvalue weighted by Crippen LogP contribution is 2.24. The number of aliphatic carboxylic acids is 1. The molecule has 3 atom stereocenters. The van der Waals surface area contributed by atoms with Crippen LogP contribution in [0, 0.1) is 5.21 Å². The van der Waals surface area contributed by atoms with Crippen molar-refractivity contribution in [2.45, 2.75) is 31.8 Å². The Morgan fingerprint density at radius 1 is 1.14 bits per heavy atom. The van der Waals surface area contributed by atoms with Crippen LogP contribution in [0.15, 0.2) is 66.7 Å². The molecule has 3 aromatic rings. The van der Waals surface area contributed by atoms with E-state index in [-0.39, 0.29) is 18.5 Å². The first kappa shape index (κ1) is 19.4. The zero-order valence-electron chi connectivity index (χ0n) is 16.5. The number of nitrogens with one attached hydrogen (secondary N) is 1. The van der Waals surface area contributed by atoms with Gasteiger partial charge >= 0.3 is 5.97 Å². The fourth-order valence-electron chi connectivity index (χ4n) is 4.36. The zero-order valence-corrected chi connectivity index (χ0v) is 16.5. The Balaban J connectivity index is 1.46. The van der Waals surface area contributed by atoms with Gasteiger partial charge in [-0.2, -0.15) is 0 Å². The van der Waals surface area contributed by atoms with E-state index in [1.54, 1.807) is 0 Å². The molecule has 0 aliphatic carbocycles. The maximum Gasteiger partial charge on any atom is 0.307 e. The number of anilines is 1. The van der Waals surface area contributed by atoms with E-state index < -0.39 is 5.97 Å². The van der Waals surface area contributed by atoms with E-state index >= 15 is 0 Å². The summed E-state index contributed by atoms with van der Waals surface area (Å²) >= 11 is 0. The number of carboxylic acids is 1. The average molecular weight is 390 g/mol. The molecule has 0 bridgehead atoms. The quantitative estimate of drug-likeness (QED) is 0.635. The highest BCUT2D eigenvalue weighted by atomic mass is 16.5. The topological polar surface area (TPSA) is 68.0 Å². The molecule has 1 heterocycles. The highest BCUT2D eigenvalue weighted by Gasteiger charge is 2.30. The number of carbonyl (C=O) groups is 1. The number of hydroxylamine groups is 2. The molecule has 29 heavy (non-hydrogen) atoms. The van der Waals surface area contributed by atoms with Crippen molar-refractivity contribution in [1.82, 2.24) is 0 Å². The van der Waals surface area contributed by atoms with Crippen molar-refractivity contribution in [2.75, 3.05) is 18.0 Å². The van der Waals surface area contributed by atoms with Crippen molar-refractivity contribution in [2.24, 2.45) is 0 Å². The Hall–Kier alpha value is -2.89. The van der Waals surface area contributed by atoms with Gasteiger partial charge in [-0.25, -0.2) is 0 Å². The first-order valence-corrected chi connectivity index (χ1v) is 10.1. The maximum atomic E-state index is 13.2. The summed E-state index contributed by atoms with van der Waals surface area (Å²) in [6.07, 6.45) is 0.884. The summed E-state index contributed by atoms with van der Waals surface area (Å²) in [6.45, 7) is 3.58. The second kappa shape index (κ2) is 8.23. The minimum Gasteiger partial charge on any atom is -0.634 e. The zero-order chi connectivity index (χ0) is 20.4. The van der Waals surface area contributed by atoms with Gasteiger partial charge in [-0.05, 0) is 35.4 Å². The number of fused-ring (bicyclic) bond motifs is 1. The molecule has 1 aliphatic heterocycles. The molecule has 1 fully saturated rings. The lowest BCUT2D eigenvalue weighted by Gasteiger charge is -2.35. The number of nitrogens with zero attached hydrogens (tertiary/aromatic N) is 1. The van der Waals surface area contributed by atoms with Gasteiger partial charge in [0.15, 0.2) is 0 Å². The van der Waals surface area contributed by atoms with E-state index in [1.807, 2.05) is 49.4 Å². The average Bonchev–Trinajstić information content (AvgIpc) is 3.22. The van der Waals surface area contributed by atoms with Crippen molar-refractivity contribution >= 4 is 22.4 Å². The highest BCUT2D eigenvalue weighted by molar-refractivity contribution is 5.85. The molecule has 0 amide bonds. The maximum absolute atomic E-state index is 13.2. The van der Waals surface area contributed by atoms with Gasteiger partial charge in [-0.1, -0.05) is 54.6 Å². The Morgan fingerprint density at radius 2 is 1.86 bits per heavy atom. The Bertz CT molecular complexity index is 997. The number of hydrogen-bond donors (Lipinski definition) is 2. The third-order valence-electron chi connectivity index (χ3n) is 5.96. The monoisotopic (exact) mass is 390 g/mol. The largest absolute Gasteiger partial charge is 0.634 e. The molecular weight excluding hydrogens is 364 g/mol. The smallest absolute Gasteiger partial charge is 0.307 e. The lowest BCUT2D eigenvalue weighted by atomic mass is 9.99. The van der Waals surface area contributed by atoms with Crippen LogP contribution in [0.1, 0.15) is 30.5 Å². The van der Waals surface area contributed by atoms with Crippen molar-refractivity contribution in [3.63, 3.8) is 0 Å². The van der Waals surface area contributed by atoms with Gasteiger partial charge in [-0.3, -0.25) is 4.79 Å². The van der Waals surface area contributed by atoms with Gasteiger partial charge in [0.05, 0.1) is 13.0 Å². The molecule has 150 valence electrons. The Morgan fingerprint density at radius 3 is 2.62 bits per heavy atom. The first-order chi connectivity index (χ1) is 14.0. The van der Waals surface area contributed by atoms with Crippen LogP contribution in [0.2, 0.25) is 0 Å². The molecule has 1 saturated heterocycles. The Labute approximate surface area is 170 Å². The van der Waals surface area contributed by atoms with E-state index in [9.17, 15) is 10.0 Å². The molecule has 0 radical (unpaired) electrons. The summed E-state index contributed by atoms with van der Waals surface area (Å²) < 4.78 is 0.